The van der Waals surface area contributed by atoms with Crippen molar-refractivity contribution >= 4 is 11.8 Å². The Balaban J connectivity index is 1.45. The van der Waals surface area contributed by atoms with Crippen molar-refractivity contribution in [3.8, 4) is 11.3 Å². The highest BCUT2D eigenvalue weighted by atomic mass is 16.5. The van der Waals surface area contributed by atoms with E-state index < -0.39 is 0 Å². The van der Waals surface area contributed by atoms with E-state index in [0.29, 0.717) is 25.3 Å². The summed E-state index contributed by atoms with van der Waals surface area (Å²) in [6.45, 7) is 2.03. The summed E-state index contributed by atoms with van der Waals surface area (Å²) < 4.78 is 5.24. The van der Waals surface area contributed by atoms with Gasteiger partial charge >= 0.3 is 0 Å². The number of amides is 2. The van der Waals surface area contributed by atoms with Crippen molar-refractivity contribution < 1.29 is 14.1 Å². The van der Waals surface area contributed by atoms with Gasteiger partial charge in [-0.2, -0.15) is 0 Å². The molecule has 3 rings (SSSR count). The molecule has 0 aliphatic carbocycles. The maximum absolute atomic E-state index is 12.1. The SMILES string of the molecule is O=C(NCCCN1CCCCCC1=O)c1cc(-c2ccccc2)on1. The van der Waals surface area contributed by atoms with Crippen molar-refractivity contribution in [1.82, 2.24) is 15.4 Å². The van der Waals surface area contributed by atoms with Crippen LogP contribution in [0.5, 0.6) is 0 Å². The number of hydrogen-bond acceptors (Lipinski definition) is 4. The van der Waals surface area contributed by atoms with Gasteiger partial charge in [-0.25, -0.2) is 0 Å². The van der Waals surface area contributed by atoms with Crippen LogP contribution in [0.1, 0.15) is 42.6 Å². The molecule has 2 aromatic rings. The van der Waals surface area contributed by atoms with Crippen LogP contribution in [-0.2, 0) is 4.79 Å². The second-order valence-corrected chi connectivity index (χ2v) is 6.24. The molecule has 0 atom stereocenters. The molecule has 6 heteroatoms. The standard InChI is InChI=1S/C19H23N3O3/c23-18-10-5-2-6-12-22(18)13-7-11-20-19(24)16-14-17(25-21-16)15-8-3-1-4-9-15/h1,3-4,8-9,14H,2,5-7,10-13H2,(H,20,24). The number of rotatable bonds is 6. The first-order valence-electron chi connectivity index (χ1n) is 8.82. The molecule has 6 nitrogen and oxygen atoms in total. The Morgan fingerprint density at radius 3 is 2.88 bits per heavy atom. The molecule has 2 amide bonds. The molecule has 1 aromatic heterocycles. The van der Waals surface area contributed by atoms with Gasteiger partial charge in [0.2, 0.25) is 5.91 Å². The maximum atomic E-state index is 12.1. The topological polar surface area (TPSA) is 75.4 Å². The van der Waals surface area contributed by atoms with Crippen molar-refractivity contribution in [2.75, 3.05) is 19.6 Å². The highest BCUT2D eigenvalue weighted by Crippen LogP contribution is 2.19. The van der Waals surface area contributed by atoms with Crippen molar-refractivity contribution in [3.63, 3.8) is 0 Å². The summed E-state index contributed by atoms with van der Waals surface area (Å²) in [5.74, 6) is 0.543. The highest BCUT2D eigenvalue weighted by Gasteiger charge is 2.16. The fraction of sp³-hybridized carbons (Fsp3) is 0.421. The lowest BCUT2D eigenvalue weighted by molar-refractivity contribution is -0.130. The maximum Gasteiger partial charge on any atom is 0.273 e. The molecule has 1 aromatic carbocycles. The van der Waals surface area contributed by atoms with Gasteiger partial charge in [0.25, 0.3) is 5.91 Å². The van der Waals surface area contributed by atoms with Gasteiger partial charge in [-0.1, -0.05) is 41.9 Å². The highest BCUT2D eigenvalue weighted by molar-refractivity contribution is 5.93. The van der Waals surface area contributed by atoms with E-state index >= 15 is 0 Å². The van der Waals surface area contributed by atoms with Crippen molar-refractivity contribution in [2.45, 2.75) is 32.1 Å². The van der Waals surface area contributed by atoms with E-state index in [-0.39, 0.29) is 17.5 Å². The first kappa shape index (κ1) is 17.2. The molecule has 25 heavy (non-hydrogen) atoms. The van der Waals surface area contributed by atoms with Crippen molar-refractivity contribution in [3.05, 3.63) is 42.1 Å². The molecule has 1 fully saturated rings. The van der Waals surface area contributed by atoms with E-state index in [1.165, 1.54) is 0 Å². The Hall–Kier alpha value is -2.63. The number of hydrogen-bond donors (Lipinski definition) is 1. The van der Waals surface area contributed by atoms with Crippen LogP contribution in [0.4, 0.5) is 0 Å². The summed E-state index contributed by atoms with van der Waals surface area (Å²) in [6, 6.07) is 11.2. The third kappa shape index (κ3) is 4.68. The smallest absolute Gasteiger partial charge is 0.273 e. The molecule has 0 bridgehead atoms. The minimum absolute atomic E-state index is 0.229. The van der Waals surface area contributed by atoms with E-state index in [1.807, 2.05) is 35.2 Å². The molecule has 1 aliphatic heterocycles. The second-order valence-electron chi connectivity index (χ2n) is 6.24. The van der Waals surface area contributed by atoms with E-state index in [4.69, 9.17) is 4.52 Å². The van der Waals surface area contributed by atoms with Crippen LogP contribution < -0.4 is 5.32 Å². The van der Waals surface area contributed by atoms with Crippen LogP contribution in [0, 0.1) is 0 Å². The predicted molar refractivity (Wildman–Crippen MR) is 93.9 cm³/mol. The zero-order valence-electron chi connectivity index (χ0n) is 14.2. The predicted octanol–water partition coefficient (Wildman–Crippen LogP) is 2.86. The number of carbonyl (C=O) groups excluding carboxylic acids is 2. The number of aromatic nitrogens is 1. The quantitative estimate of drug-likeness (QED) is 0.820. The monoisotopic (exact) mass is 341 g/mol. The number of nitrogens with zero attached hydrogens (tertiary/aromatic N) is 2. The van der Waals surface area contributed by atoms with Crippen molar-refractivity contribution in [1.29, 1.82) is 0 Å². The van der Waals surface area contributed by atoms with Gasteiger partial charge in [0.1, 0.15) is 0 Å². The lowest BCUT2D eigenvalue weighted by Gasteiger charge is -2.20. The zero-order chi connectivity index (χ0) is 17.5. The molecule has 132 valence electrons. The number of nitrogens with one attached hydrogen (secondary N) is 1. The summed E-state index contributed by atoms with van der Waals surface area (Å²) in [4.78, 5) is 26.0. The van der Waals surface area contributed by atoms with Crippen LogP contribution in [0.3, 0.4) is 0 Å². The number of likely N-dealkylation sites (tertiary alicyclic amines) is 1. The van der Waals surface area contributed by atoms with Gasteiger partial charge in [0, 0.05) is 37.7 Å². The molecular weight excluding hydrogens is 318 g/mol. The fourth-order valence-electron chi connectivity index (χ4n) is 2.96. The van der Waals surface area contributed by atoms with Crippen molar-refractivity contribution in [2.24, 2.45) is 0 Å². The van der Waals surface area contributed by atoms with Crippen LogP contribution in [-0.4, -0.2) is 41.5 Å². The molecule has 2 heterocycles. The summed E-state index contributed by atoms with van der Waals surface area (Å²) >= 11 is 0. The van der Waals surface area contributed by atoms with Crippen LogP contribution >= 0.6 is 0 Å². The Bertz CT molecular complexity index is 712. The number of benzene rings is 1. The first-order chi connectivity index (χ1) is 12.2. The zero-order valence-corrected chi connectivity index (χ0v) is 14.2. The minimum Gasteiger partial charge on any atom is -0.355 e. The molecule has 1 aliphatic rings. The van der Waals surface area contributed by atoms with Gasteiger partial charge in [0.05, 0.1) is 0 Å². The lowest BCUT2D eigenvalue weighted by atomic mass is 10.1. The molecule has 0 spiro atoms. The fourth-order valence-corrected chi connectivity index (χ4v) is 2.96. The van der Waals surface area contributed by atoms with E-state index in [2.05, 4.69) is 10.5 Å². The molecule has 0 saturated carbocycles. The van der Waals surface area contributed by atoms with Gasteiger partial charge in [-0.15, -0.1) is 0 Å². The average Bonchev–Trinajstić information content (AvgIpc) is 3.05. The molecular formula is C19H23N3O3. The van der Waals surface area contributed by atoms with Gasteiger partial charge < -0.3 is 14.7 Å². The second kappa shape index (κ2) is 8.46. The largest absolute Gasteiger partial charge is 0.355 e. The van der Waals surface area contributed by atoms with Gasteiger partial charge in [-0.05, 0) is 19.3 Å². The minimum atomic E-state index is -0.256. The molecule has 0 radical (unpaired) electrons. The molecule has 0 unspecified atom stereocenters. The van der Waals surface area contributed by atoms with E-state index in [1.54, 1.807) is 6.07 Å². The number of carbonyl (C=O) groups is 2. The summed E-state index contributed by atoms with van der Waals surface area (Å²) in [6.07, 6.45) is 4.56. The van der Waals surface area contributed by atoms with Crippen LogP contribution in [0.2, 0.25) is 0 Å². The summed E-state index contributed by atoms with van der Waals surface area (Å²) in [5, 5.41) is 6.67. The normalized spacial score (nSPS) is 15.0. The van der Waals surface area contributed by atoms with Crippen LogP contribution in [0.15, 0.2) is 40.9 Å². The summed E-state index contributed by atoms with van der Waals surface area (Å²) in [7, 11) is 0. The third-order valence-electron chi connectivity index (χ3n) is 4.36. The Kier molecular flexibility index (Phi) is 5.82. The molecule has 1 saturated heterocycles. The Morgan fingerprint density at radius 1 is 1.20 bits per heavy atom. The third-order valence-corrected chi connectivity index (χ3v) is 4.36. The van der Waals surface area contributed by atoms with Gasteiger partial charge in [0.15, 0.2) is 11.5 Å². The summed E-state index contributed by atoms with van der Waals surface area (Å²) in [5.41, 5.74) is 1.15. The van der Waals surface area contributed by atoms with E-state index in [0.717, 1.165) is 37.8 Å². The van der Waals surface area contributed by atoms with Gasteiger partial charge in [-0.3, -0.25) is 9.59 Å². The average molecular weight is 341 g/mol. The first-order valence-corrected chi connectivity index (χ1v) is 8.82. The van der Waals surface area contributed by atoms with E-state index in [9.17, 15) is 9.59 Å². The Morgan fingerprint density at radius 2 is 2.04 bits per heavy atom. The van der Waals surface area contributed by atoms with Crippen LogP contribution in [0.25, 0.3) is 11.3 Å². The molecule has 1 N–H and O–H groups in total. The Labute approximate surface area is 147 Å². The lowest BCUT2D eigenvalue weighted by Crippen LogP contribution is -2.34.